The van der Waals surface area contributed by atoms with Crippen molar-refractivity contribution in [3.8, 4) is 0 Å². The molecule has 1 aliphatic heterocycles. The second kappa shape index (κ2) is 6.96. The smallest absolute Gasteiger partial charge is 0.372 e. The lowest BCUT2D eigenvalue weighted by Crippen LogP contribution is -2.67. The lowest BCUT2D eigenvalue weighted by Gasteiger charge is -2.46. The minimum Gasteiger partial charge on any atom is -0.477 e. The van der Waals surface area contributed by atoms with Crippen molar-refractivity contribution in [1.29, 1.82) is 0 Å². The summed E-state index contributed by atoms with van der Waals surface area (Å²) in [4.78, 5) is 11.3. The molecule has 2 heterocycles. The monoisotopic (exact) mass is 364 g/mol. The van der Waals surface area contributed by atoms with Gasteiger partial charge < -0.3 is 35.5 Å². The Labute approximate surface area is 142 Å². The number of halogens is 2. The molecule has 6 N–H and O–H groups in total. The highest BCUT2D eigenvalue weighted by Crippen LogP contribution is 2.41. The van der Waals surface area contributed by atoms with E-state index < -0.39 is 55.0 Å². The molecule has 0 amide bonds. The number of hydrogen-bond donors (Lipinski definition) is 5. The number of aryl methyl sites for hydroxylation is 2. The number of aliphatic carboxylic acids is 1. The molecule has 8 nitrogen and oxygen atoms in total. The summed E-state index contributed by atoms with van der Waals surface area (Å²) in [6.45, 7) is 2.32. The summed E-state index contributed by atoms with van der Waals surface area (Å²) < 4.78 is 35.7. The van der Waals surface area contributed by atoms with Crippen LogP contribution in [-0.2, 0) is 9.53 Å². The van der Waals surface area contributed by atoms with Crippen molar-refractivity contribution in [2.75, 3.05) is 6.61 Å². The van der Waals surface area contributed by atoms with Crippen LogP contribution < -0.4 is 5.73 Å². The summed E-state index contributed by atoms with van der Waals surface area (Å²) in [6, 6.07) is 0.354. The van der Waals surface area contributed by atoms with Gasteiger partial charge in [-0.1, -0.05) is 0 Å². The van der Waals surface area contributed by atoms with E-state index in [-0.39, 0.29) is 0 Å². The van der Waals surface area contributed by atoms with Gasteiger partial charge in [0.05, 0.1) is 18.7 Å². The van der Waals surface area contributed by atoms with Crippen LogP contribution >= 0.6 is 0 Å². The molecule has 1 aromatic heterocycles. The van der Waals surface area contributed by atoms with Gasteiger partial charge in [0.1, 0.15) is 18.3 Å². The number of aromatic nitrogens is 1. The number of nitrogens with two attached hydrogens (primary N) is 1. The summed E-state index contributed by atoms with van der Waals surface area (Å²) in [5.74, 6) is -5.99. The number of alkyl halides is 2. The highest BCUT2D eigenvalue weighted by molar-refractivity contribution is 5.76. The van der Waals surface area contributed by atoms with Crippen molar-refractivity contribution in [3.63, 3.8) is 0 Å². The van der Waals surface area contributed by atoms with Crippen LogP contribution in [0.3, 0.4) is 0 Å². The van der Waals surface area contributed by atoms with Gasteiger partial charge in [-0.05, 0) is 26.0 Å². The molecule has 0 radical (unpaired) electrons. The first kappa shape index (κ1) is 19.7. The van der Waals surface area contributed by atoms with E-state index in [0.29, 0.717) is 11.4 Å². The fraction of sp³-hybridized carbons (Fsp3) is 0.667. The van der Waals surface area contributed by atoms with Crippen molar-refractivity contribution >= 4 is 5.97 Å². The molecule has 2 unspecified atom stereocenters. The van der Waals surface area contributed by atoms with Gasteiger partial charge in [-0.3, -0.25) is 0 Å². The van der Waals surface area contributed by atoms with Gasteiger partial charge in [0.15, 0.2) is 6.17 Å². The third kappa shape index (κ3) is 3.15. The first-order valence-corrected chi connectivity index (χ1v) is 7.67. The predicted octanol–water partition coefficient (Wildman–Crippen LogP) is -0.825. The fourth-order valence-electron chi connectivity index (χ4n) is 3.20. The van der Waals surface area contributed by atoms with Gasteiger partial charge >= 0.3 is 11.8 Å². The van der Waals surface area contributed by atoms with Crippen molar-refractivity contribution in [3.05, 3.63) is 23.5 Å². The Balaban J connectivity index is 2.54. The van der Waals surface area contributed by atoms with Crippen LogP contribution in [0.5, 0.6) is 0 Å². The third-order valence-electron chi connectivity index (χ3n) is 4.57. The number of ether oxygens (including phenoxy) is 1. The Morgan fingerprint density at radius 3 is 2.36 bits per heavy atom. The molecule has 2 rings (SSSR count). The SMILES string of the molecule is Cc1ccc(C)n1[C@H]1C(F)C(F)(C(=O)O)O[C@@H]([C@H](O)[C@H](O)CO)[C@@H]1N. The summed E-state index contributed by atoms with van der Waals surface area (Å²) in [5, 5.41) is 37.7. The van der Waals surface area contributed by atoms with Crippen molar-refractivity contribution in [1.82, 2.24) is 4.57 Å². The molecule has 1 aromatic rings. The molecule has 0 aromatic carbocycles. The first-order valence-electron chi connectivity index (χ1n) is 7.67. The van der Waals surface area contributed by atoms with E-state index in [1.54, 1.807) is 26.0 Å². The second-order valence-corrected chi connectivity index (χ2v) is 6.23. The maximum Gasteiger partial charge on any atom is 0.372 e. The molecule has 0 bridgehead atoms. The number of rotatable bonds is 5. The van der Waals surface area contributed by atoms with Gasteiger partial charge in [0.2, 0.25) is 0 Å². The number of aliphatic hydroxyl groups excluding tert-OH is 3. The van der Waals surface area contributed by atoms with Crippen LogP contribution in [0.15, 0.2) is 12.1 Å². The number of carbonyl (C=O) groups is 1. The summed E-state index contributed by atoms with van der Waals surface area (Å²) in [7, 11) is 0. The molecule has 25 heavy (non-hydrogen) atoms. The zero-order valence-electron chi connectivity index (χ0n) is 13.7. The van der Waals surface area contributed by atoms with E-state index in [4.69, 9.17) is 15.9 Å². The van der Waals surface area contributed by atoms with E-state index in [1.807, 2.05) is 0 Å². The first-order chi connectivity index (χ1) is 11.6. The van der Waals surface area contributed by atoms with E-state index >= 15 is 0 Å². The predicted molar refractivity (Wildman–Crippen MR) is 81.3 cm³/mol. The molecule has 1 saturated heterocycles. The maximum absolute atomic E-state index is 14.9. The molecular weight excluding hydrogens is 342 g/mol. The van der Waals surface area contributed by atoms with Gasteiger partial charge in [-0.2, -0.15) is 4.39 Å². The van der Waals surface area contributed by atoms with Crippen LogP contribution in [-0.4, -0.2) is 73.9 Å². The molecule has 7 atom stereocenters. The Kier molecular flexibility index (Phi) is 5.50. The van der Waals surface area contributed by atoms with E-state index in [9.17, 15) is 23.8 Å². The van der Waals surface area contributed by atoms with Crippen molar-refractivity contribution < 1.29 is 38.7 Å². The van der Waals surface area contributed by atoms with Gasteiger partial charge in [0.25, 0.3) is 0 Å². The number of nitrogens with zero attached hydrogens (tertiary/aromatic N) is 1. The average molecular weight is 364 g/mol. The van der Waals surface area contributed by atoms with Crippen LogP contribution in [0.25, 0.3) is 0 Å². The Morgan fingerprint density at radius 1 is 1.40 bits per heavy atom. The average Bonchev–Trinajstić information content (AvgIpc) is 2.89. The number of carboxylic acids is 1. The van der Waals surface area contributed by atoms with Crippen LogP contribution in [0.1, 0.15) is 17.4 Å². The molecule has 0 spiro atoms. The number of aliphatic hydroxyl groups is 3. The quantitative estimate of drug-likeness (QED) is 0.460. The fourth-order valence-corrected chi connectivity index (χ4v) is 3.20. The van der Waals surface area contributed by atoms with Crippen molar-refractivity contribution in [2.45, 2.75) is 56.3 Å². The zero-order valence-corrected chi connectivity index (χ0v) is 13.7. The van der Waals surface area contributed by atoms with Gasteiger partial charge in [-0.25, -0.2) is 9.18 Å². The molecule has 0 aliphatic carbocycles. The van der Waals surface area contributed by atoms with E-state index in [0.717, 1.165) is 0 Å². The largest absolute Gasteiger partial charge is 0.477 e. The highest BCUT2D eigenvalue weighted by atomic mass is 19.2. The topological polar surface area (TPSA) is 138 Å². The zero-order chi connectivity index (χ0) is 19.1. The second-order valence-electron chi connectivity index (χ2n) is 6.23. The standard InChI is InChI=1S/C15H22F2N2O6/c1-6-3-4-7(2)19(6)10-9(18)12(11(22)8(21)5-20)25-15(17,13(10)16)14(23)24/h3-4,8-13,20-22H,5,18H2,1-2H3,(H,23,24)/t8-,9-,10-,11-,12-,13?,15?/m1/s1. The molecule has 0 saturated carbocycles. The highest BCUT2D eigenvalue weighted by Gasteiger charge is 2.62. The maximum atomic E-state index is 14.9. The van der Waals surface area contributed by atoms with E-state index in [1.165, 1.54) is 4.57 Å². The normalized spacial score (nSPS) is 35.4. The number of hydrogen-bond acceptors (Lipinski definition) is 6. The van der Waals surface area contributed by atoms with Crippen molar-refractivity contribution in [2.24, 2.45) is 5.73 Å². The van der Waals surface area contributed by atoms with Crippen LogP contribution in [0, 0.1) is 13.8 Å². The van der Waals surface area contributed by atoms with Gasteiger partial charge in [-0.15, -0.1) is 0 Å². The molecular formula is C15H22F2N2O6. The van der Waals surface area contributed by atoms with E-state index in [2.05, 4.69) is 4.74 Å². The molecule has 10 heteroatoms. The summed E-state index contributed by atoms with van der Waals surface area (Å²) >= 11 is 0. The minimum atomic E-state index is -3.77. The summed E-state index contributed by atoms with van der Waals surface area (Å²) in [6.07, 6.45) is -8.11. The Morgan fingerprint density at radius 2 is 1.92 bits per heavy atom. The lowest BCUT2D eigenvalue weighted by atomic mass is 9.86. The van der Waals surface area contributed by atoms with Crippen LogP contribution in [0.4, 0.5) is 8.78 Å². The van der Waals surface area contributed by atoms with Crippen LogP contribution in [0.2, 0.25) is 0 Å². The number of carboxylic acid groups (broad SMARTS) is 1. The molecule has 1 fully saturated rings. The van der Waals surface area contributed by atoms with Gasteiger partial charge in [0, 0.05) is 11.4 Å². The molecule has 142 valence electrons. The summed E-state index contributed by atoms with van der Waals surface area (Å²) in [5.41, 5.74) is 6.97. The minimum absolute atomic E-state index is 0.506. The lowest BCUT2D eigenvalue weighted by molar-refractivity contribution is -0.280. The molecule has 1 aliphatic rings. The third-order valence-corrected chi connectivity index (χ3v) is 4.57. The Bertz CT molecular complexity index is 622. The Hall–Kier alpha value is -1.59.